The number of nitrogens with one attached hydrogen (secondary N) is 1. The minimum Gasteiger partial charge on any atom is -0.317 e. The first-order chi connectivity index (χ1) is 9.76. The minimum atomic E-state index is 0.582. The van der Waals surface area contributed by atoms with E-state index < -0.39 is 0 Å². The first-order valence-corrected chi connectivity index (χ1v) is 9.97. The van der Waals surface area contributed by atoms with Crippen LogP contribution >= 0.6 is 11.8 Å². The van der Waals surface area contributed by atoms with Gasteiger partial charge in [-0.05, 0) is 51.8 Å². The van der Waals surface area contributed by atoms with Gasteiger partial charge in [0.05, 0.1) is 0 Å². The molecule has 20 heavy (non-hydrogen) atoms. The zero-order valence-electron chi connectivity index (χ0n) is 13.4. The van der Waals surface area contributed by atoms with E-state index >= 15 is 0 Å². The second-order valence-corrected chi connectivity index (χ2v) is 8.59. The van der Waals surface area contributed by atoms with Gasteiger partial charge in [0, 0.05) is 29.4 Å². The Balaban J connectivity index is 1.69. The van der Waals surface area contributed by atoms with E-state index in [0.717, 1.165) is 18.1 Å². The lowest BCUT2D eigenvalue weighted by atomic mass is 9.79. The highest BCUT2D eigenvalue weighted by Crippen LogP contribution is 2.43. The number of thioether (sulfide) groups is 1. The lowest BCUT2D eigenvalue weighted by Crippen LogP contribution is -2.59. The molecule has 0 radical (unpaired) electrons. The predicted octanol–water partition coefficient (Wildman–Crippen LogP) is 3.66. The zero-order chi connectivity index (χ0) is 14.0. The SMILES string of the molecule is CNC1CC2CCCC(C1)N2CC1(SC)CCCCC1. The number of rotatable bonds is 4. The van der Waals surface area contributed by atoms with Crippen molar-refractivity contribution in [1.29, 1.82) is 0 Å². The first-order valence-electron chi connectivity index (χ1n) is 8.74. The van der Waals surface area contributed by atoms with Gasteiger partial charge in [0.1, 0.15) is 0 Å². The van der Waals surface area contributed by atoms with Crippen molar-refractivity contribution in [1.82, 2.24) is 10.2 Å². The van der Waals surface area contributed by atoms with Crippen molar-refractivity contribution in [3.8, 4) is 0 Å². The lowest BCUT2D eigenvalue weighted by molar-refractivity contribution is 0.0145. The molecule has 116 valence electrons. The molecular weight excluding hydrogens is 264 g/mol. The number of fused-ring (bicyclic) bond motifs is 2. The van der Waals surface area contributed by atoms with Gasteiger partial charge < -0.3 is 5.32 Å². The van der Waals surface area contributed by atoms with Crippen molar-refractivity contribution < 1.29 is 0 Å². The molecule has 0 aromatic heterocycles. The fourth-order valence-corrected chi connectivity index (χ4v) is 5.90. The topological polar surface area (TPSA) is 15.3 Å². The third-order valence-corrected chi connectivity index (χ3v) is 7.61. The molecule has 2 aliphatic heterocycles. The van der Waals surface area contributed by atoms with E-state index in [0.29, 0.717) is 4.75 Å². The van der Waals surface area contributed by atoms with Crippen molar-refractivity contribution >= 4 is 11.8 Å². The second-order valence-electron chi connectivity index (χ2n) is 7.32. The first kappa shape index (κ1) is 15.2. The van der Waals surface area contributed by atoms with E-state index in [-0.39, 0.29) is 0 Å². The van der Waals surface area contributed by atoms with Gasteiger partial charge in [0.15, 0.2) is 0 Å². The second kappa shape index (κ2) is 6.58. The van der Waals surface area contributed by atoms with Gasteiger partial charge in [-0.15, -0.1) is 0 Å². The highest BCUT2D eigenvalue weighted by Gasteiger charge is 2.42. The van der Waals surface area contributed by atoms with Crippen molar-refractivity contribution in [3.63, 3.8) is 0 Å². The molecule has 0 amide bonds. The third kappa shape index (κ3) is 3.05. The van der Waals surface area contributed by atoms with Crippen LogP contribution in [0.2, 0.25) is 0 Å². The van der Waals surface area contributed by atoms with Crippen LogP contribution in [0.5, 0.6) is 0 Å². The Bertz CT molecular complexity index is 300. The molecule has 2 heterocycles. The molecule has 2 saturated heterocycles. The lowest BCUT2D eigenvalue weighted by Gasteiger charge is -2.52. The van der Waals surface area contributed by atoms with E-state index in [1.807, 2.05) is 0 Å². The van der Waals surface area contributed by atoms with Crippen molar-refractivity contribution in [2.24, 2.45) is 0 Å². The van der Waals surface area contributed by atoms with E-state index in [1.165, 1.54) is 70.8 Å². The number of nitrogens with zero attached hydrogens (tertiary/aromatic N) is 1. The summed E-state index contributed by atoms with van der Waals surface area (Å²) >= 11 is 2.17. The monoisotopic (exact) mass is 296 g/mol. The molecule has 2 atom stereocenters. The summed E-state index contributed by atoms with van der Waals surface area (Å²) in [6.45, 7) is 1.37. The highest BCUT2D eigenvalue weighted by atomic mass is 32.2. The maximum Gasteiger partial charge on any atom is 0.0284 e. The van der Waals surface area contributed by atoms with Crippen LogP contribution < -0.4 is 5.32 Å². The molecule has 2 unspecified atom stereocenters. The Morgan fingerprint density at radius 3 is 2.25 bits per heavy atom. The molecule has 1 aliphatic carbocycles. The Labute approximate surface area is 129 Å². The van der Waals surface area contributed by atoms with Crippen LogP contribution in [0.3, 0.4) is 0 Å². The Morgan fingerprint density at radius 2 is 1.70 bits per heavy atom. The van der Waals surface area contributed by atoms with Crippen LogP contribution in [0.25, 0.3) is 0 Å². The molecule has 3 rings (SSSR count). The average Bonchev–Trinajstić information content (AvgIpc) is 2.48. The summed E-state index contributed by atoms with van der Waals surface area (Å²) in [5.41, 5.74) is 0. The molecule has 2 bridgehead atoms. The number of hydrogen-bond donors (Lipinski definition) is 1. The van der Waals surface area contributed by atoms with Crippen molar-refractivity contribution in [2.75, 3.05) is 19.8 Å². The highest BCUT2D eigenvalue weighted by molar-refractivity contribution is 8.00. The van der Waals surface area contributed by atoms with Gasteiger partial charge >= 0.3 is 0 Å². The summed E-state index contributed by atoms with van der Waals surface area (Å²) in [6.07, 6.45) is 16.8. The van der Waals surface area contributed by atoms with Crippen LogP contribution in [-0.4, -0.2) is 47.6 Å². The molecule has 3 fully saturated rings. The Kier molecular flexibility index (Phi) is 4.99. The van der Waals surface area contributed by atoms with E-state index in [4.69, 9.17) is 0 Å². The third-order valence-electron chi connectivity index (χ3n) is 6.20. The minimum absolute atomic E-state index is 0.582. The van der Waals surface area contributed by atoms with Gasteiger partial charge in [-0.3, -0.25) is 4.90 Å². The maximum atomic E-state index is 3.55. The summed E-state index contributed by atoms with van der Waals surface area (Å²) in [6, 6.07) is 2.51. The van der Waals surface area contributed by atoms with Gasteiger partial charge in [0.25, 0.3) is 0 Å². The molecule has 3 heteroatoms. The quantitative estimate of drug-likeness (QED) is 0.852. The molecule has 1 N–H and O–H groups in total. The van der Waals surface area contributed by atoms with Gasteiger partial charge in [0.2, 0.25) is 0 Å². The summed E-state index contributed by atoms with van der Waals surface area (Å²) in [7, 11) is 2.15. The molecule has 0 aromatic carbocycles. The molecular formula is C17H32N2S. The Hall–Kier alpha value is 0.270. The molecule has 1 saturated carbocycles. The van der Waals surface area contributed by atoms with E-state index in [9.17, 15) is 0 Å². The van der Waals surface area contributed by atoms with Crippen molar-refractivity contribution in [3.05, 3.63) is 0 Å². The standard InChI is InChI=1S/C17H32N2S/c1-18-14-11-15-7-6-8-16(12-14)19(15)13-17(20-2)9-4-3-5-10-17/h14-16,18H,3-13H2,1-2H3. The average molecular weight is 297 g/mol. The largest absolute Gasteiger partial charge is 0.317 e. The van der Waals surface area contributed by atoms with Crippen molar-refractivity contribution in [2.45, 2.75) is 87.1 Å². The maximum absolute atomic E-state index is 3.55. The van der Waals surface area contributed by atoms with Crippen LogP contribution in [0.4, 0.5) is 0 Å². The molecule has 2 nitrogen and oxygen atoms in total. The van der Waals surface area contributed by atoms with Crippen LogP contribution in [0, 0.1) is 0 Å². The molecule has 3 aliphatic rings. The molecule has 0 spiro atoms. The van der Waals surface area contributed by atoms with Crippen LogP contribution in [0.15, 0.2) is 0 Å². The van der Waals surface area contributed by atoms with E-state index in [1.54, 1.807) is 0 Å². The fraction of sp³-hybridized carbons (Fsp3) is 1.00. The smallest absolute Gasteiger partial charge is 0.0284 e. The van der Waals surface area contributed by atoms with Gasteiger partial charge in [-0.2, -0.15) is 11.8 Å². The number of hydrogen-bond acceptors (Lipinski definition) is 3. The Morgan fingerprint density at radius 1 is 1.05 bits per heavy atom. The fourth-order valence-electron chi connectivity index (χ4n) is 4.93. The molecule has 0 aromatic rings. The van der Waals surface area contributed by atoms with Crippen LogP contribution in [-0.2, 0) is 0 Å². The van der Waals surface area contributed by atoms with Gasteiger partial charge in [-0.1, -0.05) is 25.7 Å². The summed E-state index contributed by atoms with van der Waals surface area (Å²) in [4.78, 5) is 2.94. The number of piperidine rings is 2. The summed E-state index contributed by atoms with van der Waals surface area (Å²) < 4.78 is 0.582. The van der Waals surface area contributed by atoms with Crippen LogP contribution in [0.1, 0.15) is 64.2 Å². The van der Waals surface area contributed by atoms with Gasteiger partial charge in [-0.25, -0.2) is 0 Å². The summed E-state index contributed by atoms with van der Waals surface area (Å²) in [5.74, 6) is 0. The predicted molar refractivity (Wildman–Crippen MR) is 89.5 cm³/mol. The summed E-state index contributed by atoms with van der Waals surface area (Å²) in [5, 5.41) is 3.55. The zero-order valence-corrected chi connectivity index (χ0v) is 14.2. The van der Waals surface area contributed by atoms with E-state index in [2.05, 4.69) is 35.3 Å². The normalized spacial score (nSPS) is 37.8.